The van der Waals surface area contributed by atoms with Crippen LogP contribution in [0.25, 0.3) is 10.9 Å². The van der Waals surface area contributed by atoms with Crippen LogP contribution in [0.15, 0.2) is 36.5 Å². The molecule has 0 radical (unpaired) electrons. The number of fused-ring (bicyclic) bond motifs is 1. The SMILES string of the molecule is O=C(O)c1cn(C/C=C/[C@H]2NCCC[C@@H]2O)c2c(Cl)cccc12. The van der Waals surface area contributed by atoms with Gasteiger partial charge in [0.05, 0.1) is 28.2 Å². The number of nitrogens with zero attached hydrogens (tertiary/aromatic N) is 1. The Bertz CT molecular complexity index is 754. The van der Waals surface area contributed by atoms with Crippen molar-refractivity contribution in [3.8, 4) is 0 Å². The molecule has 0 aliphatic carbocycles. The lowest BCUT2D eigenvalue weighted by molar-refractivity contribution is 0.0699. The molecule has 0 bridgehead atoms. The van der Waals surface area contributed by atoms with Crippen molar-refractivity contribution in [2.24, 2.45) is 0 Å². The molecule has 0 amide bonds. The average Bonchev–Trinajstić information content (AvgIpc) is 2.90. The van der Waals surface area contributed by atoms with E-state index in [-0.39, 0.29) is 17.7 Å². The minimum atomic E-state index is -0.968. The quantitative estimate of drug-likeness (QED) is 0.751. The van der Waals surface area contributed by atoms with Crippen LogP contribution in [0.4, 0.5) is 0 Å². The molecule has 1 aromatic carbocycles. The van der Waals surface area contributed by atoms with Gasteiger partial charge in [0.1, 0.15) is 0 Å². The van der Waals surface area contributed by atoms with Gasteiger partial charge in [0.15, 0.2) is 0 Å². The molecular weight excluding hydrogens is 316 g/mol. The number of aliphatic hydroxyl groups excluding tert-OH is 1. The first-order valence-electron chi connectivity index (χ1n) is 7.66. The predicted molar refractivity (Wildman–Crippen MR) is 90.1 cm³/mol. The number of hydrogen-bond acceptors (Lipinski definition) is 3. The van der Waals surface area contributed by atoms with Crippen LogP contribution in [-0.4, -0.2) is 39.4 Å². The van der Waals surface area contributed by atoms with Gasteiger partial charge in [0, 0.05) is 18.1 Å². The van der Waals surface area contributed by atoms with E-state index in [9.17, 15) is 15.0 Å². The molecule has 3 N–H and O–H groups in total. The summed E-state index contributed by atoms with van der Waals surface area (Å²) in [5.41, 5.74) is 0.958. The molecule has 1 aromatic heterocycles. The first-order chi connectivity index (χ1) is 11.1. The van der Waals surface area contributed by atoms with E-state index in [1.165, 1.54) is 0 Å². The zero-order valence-corrected chi connectivity index (χ0v) is 13.3. The number of aromatic nitrogens is 1. The maximum atomic E-state index is 11.4. The standard InChI is InChI=1S/C17H19ClN2O3/c18-13-5-1-4-11-12(17(22)23)10-20(16(11)13)9-3-6-14-15(21)7-2-8-19-14/h1,3-6,10,14-15,19,21H,2,7-9H2,(H,22,23)/b6-3+/t14-,15+/m1/s1. The van der Waals surface area contributed by atoms with Gasteiger partial charge in [-0.15, -0.1) is 0 Å². The van der Waals surface area contributed by atoms with Crippen molar-refractivity contribution in [3.63, 3.8) is 0 Å². The van der Waals surface area contributed by atoms with E-state index in [1.54, 1.807) is 24.4 Å². The number of carboxylic acids is 1. The van der Waals surface area contributed by atoms with Crippen molar-refractivity contribution in [2.45, 2.75) is 31.5 Å². The highest BCUT2D eigenvalue weighted by molar-refractivity contribution is 6.35. The Hall–Kier alpha value is -1.82. The van der Waals surface area contributed by atoms with Gasteiger partial charge in [0.25, 0.3) is 0 Å². The van der Waals surface area contributed by atoms with E-state index in [0.717, 1.165) is 19.4 Å². The summed E-state index contributed by atoms with van der Waals surface area (Å²) in [6.45, 7) is 1.39. The lowest BCUT2D eigenvalue weighted by atomic mass is 10.0. The van der Waals surface area contributed by atoms with E-state index in [0.29, 0.717) is 22.5 Å². The number of rotatable bonds is 4. The van der Waals surface area contributed by atoms with Crippen LogP contribution >= 0.6 is 11.6 Å². The third-order valence-electron chi connectivity index (χ3n) is 4.20. The first-order valence-corrected chi connectivity index (χ1v) is 8.04. The Balaban J connectivity index is 1.86. The zero-order valence-electron chi connectivity index (χ0n) is 12.6. The number of aliphatic hydroxyl groups is 1. The molecule has 23 heavy (non-hydrogen) atoms. The molecule has 0 unspecified atom stereocenters. The highest BCUT2D eigenvalue weighted by Gasteiger charge is 2.19. The third kappa shape index (κ3) is 3.27. The van der Waals surface area contributed by atoms with Crippen LogP contribution < -0.4 is 5.32 Å². The summed E-state index contributed by atoms with van der Waals surface area (Å²) in [6.07, 6.45) is 6.87. The maximum absolute atomic E-state index is 11.4. The van der Waals surface area contributed by atoms with Gasteiger partial charge >= 0.3 is 5.97 Å². The lowest BCUT2D eigenvalue weighted by Crippen LogP contribution is -2.43. The molecular formula is C17H19ClN2O3. The highest BCUT2D eigenvalue weighted by Crippen LogP contribution is 2.28. The molecule has 2 aromatic rings. The van der Waals surface area contributed by atoms with E-state index in [1.807, 2.05) is 16.7 Å². The molecule has 1 aliphatic rings. The third-order valence-corrected chi connectivity index (χ3v) is 4.50. The highest BCUT2D eigenvalue weighted by atomic mass is 35.5. The Morgan fingerprint density at radius 2 is 2.30 bits per heavy atom. The Morgan fingerprint density at radius 3 is 3.04 bits per heavy atom. The van der Waals surface area contributed by atoms with Crippen molar-refractivity contribution in [3.05, 3.63) is 47.1 Å². The second-order valence-corrected chi connectivity index (χ2v) is 6.16. The van der Waals surface area contributed by atoms with E-state index in [4.69, 9.17) is 11.6 Å². The van der Waals surface area contributed by atoms with E-state index >= 15 is 0 Å². The van der Waals surface area contributed by atoms with Crippen LogP contribution in [0.2, 0.25) is 5.02 Å². The van der Waals surface area contributed by atoms with Crippen LogP contribution in [0, 0.1) is 0 Å². The van der Waals surface area contributed by atoms with Gasteiger partial charge in [0.2, 0.25) is 0 Å². The molecule has 3 rings (SSSR count). The van der Waals surface area contributed by atoms with Gasteiger partial charge in [-0.05, 0) is 25.5 Å². The van der Waals surface area contributed by atoms with Gasteiger partial charge < -0.3 is 20.1 Å². The predicted octanol–water partition coefficient (Wildman–Crippen LogP) is 2.66. The number of hydrogen-bond donors (Lipinski definition) is 3. The van der Waals surface area contributed by atoms with E-state index < -0.39 is 5.97 Å². The topological polar surface area (TPSA) is 74.5 Å². The number of para-hydroxylation sites is 1. The molecule has 6 heteroatoms. The zero-order chi connectivity index (χ0) is 16.4. The Labute approximate surface area is 139 Å². The first kappa shape index (κ1) is 16.1. The molecule has 1 saturated heterocycles. The second-order valence-electron chi connectivity index (χ2n) is 5.75. The summed E-state index contributed by atoms with van der Waals surface area (Å²) in [6, 6.07) is 5.21. The van der Waals surface area contributed by atoms with Crippen molar-refractivity contribution in [1.29, 1.82) is 0 Å². The van der Waals surface area contributed by atoms with Gasteiger partial charge in [-0.2, -0.15) is 0 Å². The number of piperidine rings is 1. The lowest BCUT2D eigenvalue weighted by Gasteiger charge is -2.26. The summed E-state index contributed by atoms with van der Waals surface area (Å²) >= 11 is 6.24. The number of carbonyl (C=O) groups is 1. The van der Waals surface area contributed by atoms with Crippen molar-refractivity contribution in [2.75, 3.05) is 6.54 Å². The fourth-order valence-electron chi connectivity index (χ4n) is 3.04. The Morgan fingerprint density at radius 1 is 1.48 bits per heavy atom. The summed E-state index contributed by atoms with van der Waals surface area (Å²) in [4.78, 5) is 11.4. The van der Waals surface area contributed by atoms with Crippen molar-refractivity contribution in [1.82, 2.24) is 9.88 Å². The summed E-state index contributed by atoms with van der Waals surface area (Å²) in [5.74, 6) is -0.968. The number of nitrogens with one attached hydrogen (secondary N) is 1. The fourth-order valence-corrected chi connectivity index (χ4v) is 3.32. The molecule has 1 fully saturated rings. The van der Waals surface area contributed by atoms with Gasteiger partial charge in [-0.1, -0.05) is 35.9 Å². The second kappa shape index (κ2) is 6.74. The van der Waals surface area contributed by atoms with Crippen LogP contribution in [-0.2, 0) is 6.54 Å². The van der Waals surface area contributed by atoms with Crippen LogP contribution in [0.1, 0.15) is 23.2 Å². The van der Waals surface area contributed by atoms with Gasteiger partial charge in [-0.25, -0.2) is 4.79 Å². The van der Waals surface area contributed by atoms with Gasteiger partial charge in [-0.3, -0.25) is 0 Å². The van der Waals surface area contributed by atoms with Crippen LogP contribution in [0.5, 0.6) is 0 Å². The average molecular weight is 335 g/mol. The minimum absolute atomic E-state index is 0.0556. The molecule has 122 valence electrons. The van der Waals surface area contributed by atoms with E-state index in [2.05, 4.69) is 5.32 Å². The smallest absolute Gasteiger partial charge is 0.337 e. The molecule has 0 saturated carbocycles. The summed E-state index contributed by atoms with van der Waals surface area (Å²) < 4.78 is 1.83. The van der Waals surface area contributed by atoms with Crippen molar-refractivity contribution < 1.29 is 15.0 Å². The number of carboxylic acid groups (broad SMARTS) is 1. The summed E-state index contributed by atoms with van der Waals surface area (Å²) in [5, 5.41) is 23.7. The number of benzene rings is 1. The maximum Gasteiger partial charge on any atom is 0.337 e. The Kier molecular flexibility index (Phi) is 4.71. The minimum Gasteiger partial charge on any atom is -0.478 e. The number of allylic oxidation sites excluding steroid dienone is 1. The van der Waals surface area contributed by atoms with Crippen LogP contribution in [0.3, 0.4) is 0 Å². The van der Waals surface area contributed by atoms with Crippen molar-refractivity contribution >= 4 is 28.5 Å². The largest absolute Gasteiger partial charge is 0.478 e. The number of halogens is 1. The molecule has 2 atom stereocenters. The normalized spacial score (nSPS) is 22.0. The fraction of sp³-hybridized carbons (Fsp3) is 0.353. The number of aromatic carboxylic acids is 1. The summed E-state index contributed by atoms with van der Waals surface area (Å²) in [7, 11) is 0. The molecule has 2 heterocycles. The molecule has 1 aliphatic heterocycles. The molecule has 0 spiro atoms. The monoisotopic (exact) mass is 334 g/mol. The molecule has 5 nitrogen and oxygen atoms in total.